The van der Waals surface area contributed by atoms with E-state index in [1.165, 1.54) is 17.8 Å². The minimum atomic E-state index is -3.15. The summed E-state index contributed by atoms with van der Waals surface area (Å²) in [6.07, 6.45) is 0.727. The van der Waals surface area contributed by atoms with Gasteiger partial charge in [-0.15, -0.1) is 11.8 Å². The van der Waals surface area contributed by atoms with Crippen LogP contribution in [0.2, 0.25) is 0 Å². The number of nitrogens with one attached hydrogen (secondary N) is 2. The maximum absolute atomic E-state index is 12.2. The molecule has 0 aliphatic carbocycles. The molecule has 2 aliphatic heterocycles. The number of amides is 2. The van der Waals surface area contributed by atoms with E-state index in [1.807, 2.05) is 0 Å². The number of anilines is 1. The Bertz CT molecular complexity index is 899. The first-order valence-corrected chi connectivity index (χ1v) is 11.2. The van der Waals surface area contributed by atoms with Crippen LogP contribution in [0.15, 0.2) is 23.1 Å². The second-order valence-electron chi connectivity index (χ2n) is 6.88. The summed E-state index contributed by atoms with van der Waals surface area (Å²) < 4.78 is 28.2. The second-order valence-corrected chi connectivity index (χ2v) is 10.2. The number of ether oxygens (including phenoxy) is 1. The Morgan fingerprint density at radius 1 is 1.37 bits per heavy atom. The highest BCUT2D eigenvalue weighted by Gasteiger charge is 2.39. The van der Waals surface area contributed by atoms with E-state index in [0.29, 0.717) is 24.3 Å². The minimum absolute atomic E-state index is 0.0302. The lowest BCUT2D eigenvalue weighted by Gasteiger charge is -2.23. The van der Waals surface area contributed by atoms with Crippen LogP contribution in [0.4, 0.5) is 5.69 Å². The lowest BCUT2D eigenvalue weighted by Crippen LogP contribution is -2.48. The summed E-state index contributed by atoms with van der Waals surface area (Å²) in [5, 5.41) is 5.37. The van der Waals surface area contributed by atoms with Gasteiger partial charge in [0, 0.05) is 17.1 Å². The van der Waals surface area contributed by atoms with E-state index in [-0.39, 0.29) is 23.0 Å². The van der Waals surface area contributed by atoms with Gasteiger partial charge in [0.25, 0.3) is 5.91 Å². The molecule has 27 heavy (non-hydrogen) atoms. The third-order valence-corrected chi connectivity index (χ3v) is 7.33. The van der Waals surface area contributed by atoms with E-state index < -0.39 is 33.9 Å². The van der Waals surface area contributed by atoms with Gasteiger partial charge in [-0.3, -0.25) is 9.59 Å². The highest BCUT2D eigenvalue weighted by Crippen LogP contribution is 2.31. The van der Waals surface area contributed by atoms with Crippen LogP contribution in [-0.2, 0) is 24.2 Å². The molecule has 1 atom stereocenters. The molecule has 0 bridgehead atoms. The molecule has 0 saturated carbocycles. The molecule has 2 aliphatic rings. The number of hydrogen-bond acceptors (Lipinski definition) is 7. The molecule has 0 radical (unpaired) electrons. The molecule has 2 N–H and O–H groups in total. The molecule has 0 spiro atoms. The number of rotatable bonds is 4. The molecule has 0 unspecified atom stereocenters. The minimum Gasteiger partial charge on any atom is -0.452 e. The Morgan fingerprint density at radius 3 is 2.85 bits per heavy atom. The predicted octanol–water partition coefficient (Wildman–Crippen LogP) is 0.971. The van der Waals surface area contributed by atoms with Gasteiger partial charge in [-0.25, -0.2) is 13.2 Å². The van der Waals surface area contributed by atoms with Gasteiger partial charge in [-0.05, 0) is 31.5 Å². The van der Waals surface area contributed by atoms with E-state index in [1.54, 1.807) is 19.1 Å². The zero-order chi connectivity index (χ0) is 19.7. The van der Waals surface area contributed by atoms with Crippen molar-refractivity contribution in [1.29, 1.82) is 0 Å². The summed E-state index contributed by atoms with van der Waals surface area (Å²) in [7, 11) is -3.15. The van der Waals surface area contributed by atoms with E-state index in [0.717, 1.165) is 4.90 Å². The molecule has 8 nitrogen and oxygen atoms in total. The maximum Gasteiger partial charge on any atom is 0.338 e. The van der Waals surface area contributed by atoms with Crippen molar-refractivity contribution in [3.05, 3.63) is 23.8 Å². The van der Waals surface area contributed by atoms with Crippen LogP contribution in [0.1, 0.15) is 30.1 Å². The zero-order valence-corrected chi connectivity index (χ0v) is 16.4. The van der Waals surface area contributed by atoms with Crippen molar-refractivity contribution in [2.75, 3.05) is 29.2 Å². The number of fused-ring (bicyclic) bond motifs is 1. The summed E-state index contributed by atoms with van der Waals surface area (Å²) in [4.78, 5) is 36.7. The maximum atomic E-state index is 12.2. The van der Waals surface area contributed by atoms with E-state index in [9.17, 15) is 22.8 Å². The Labute approximate surface area is 161 Å². The Morgan fingerprint density at radius 2 is 2.15 bits per heavy atom. The van der Waals surface area contributed by atoms with E-state index in [4.69, 9.17) is 4.74 Å². The SMILES string of the molecule is C[C@@]1(NC(=O)COC(=O)c2ccc3c(c2)NC(=O)CCS3)CCS(=O)(=O)C1. The van der Waals surface area contributed by atoms with Crippen molar-refractivity contribution in [3.8, 4) is 0 Å². The molecule has 10 heteroatoms. The largest absolute Gasteiger partial charge is 0.452 e. The number of benzene rings is 1. The fourth-order valence-electron chi connectivity index (χ4n) is 3.04. The summed E-state index contributed by atoms with van der Waals surface area (Å²) in [6, 6.07) is 4.83. The Kier molecular flexibility index (Phi) is 5.48. The summed E-state index contributed by atoms with van der Waals surface area (Å²) >= 11 is 1.52. The Hall–Kier alpha value is -2.07. The fraction of sp³-hybridized carbons (Fsp3) is 0.471. The van der Waals surface area contributed by atoms with Gasteiger partial charge in [0.2, 0.25) is 5.91 Å². The molecule has 1 aromatic rings. The topological polar surface area (TPSA) is 119 Å². The summed E-state index contributed by atoms with van der Waals surface area (Å²) in [5.41, 5.74) is -0.0717. The first kappa shape index (κ1) is 19.7. The molecule has 3 rings (SSSR count). The monoisotopic (exact) mass is 412 g/mol. The normalized spacial score (nSPS) is 23.7. The quantitative estimate of drug-likeness (QED) is 0.707. The second kappa shape index (κ2) is 7.51. The summed E-state index contributed by atoms with van der Waals surface area (Å²) in [5.74, 6) is -0.796. The summed E-state index contributed by atoms with van der Waals surface area (Å²) in [6.45, 7) is 1.15. The predicted molar refractivity (Wildman–Crippen MR) is 101 cm³/mol. The van der Waals surface area contributed by atoms with Crippen LogP contribution in [0.5, 0.6) is 0 Å². The van der Waals surface area contributed by atoms with Crippen molar-refractivity contribution in [2.45, 2.75) is 30.2 Å². The van der Waals surface area contributed by atoms with Crippen molar-refractivity contribution >= 4 is 45.1 Å². The zero-order valence-electron chi connectivity index (χ0n) is 14.7. The van der Waals surface area contributed by atoms with E-state index >= 15 is 0 Å². The van der Waals surface area contributed by atoms with Crippen LogP contribution < -0.4 is 10.6 Å². The van der Waals surface area contributed by atoms with Crippen molar-refractivity contribution < 1.29 is 27.5 Å². The molecule has 2 amide bonds. The lowest BCUT2D eigenvalue weighted by molar-refractivity contribution is -0.125. The number of carbonyl (C=O) groups excluding carboxylic acids is 3. The van der Waals surface area contributed by atoms with Crippen molar-refractivity contribution in [1.82, 2.24) is 5.32 Å². The average molecular weight is 412 g/mol. The van der Waals surface area contributed by atoms with E-state index in [2.05, 4.69) is 10.6 Å². The van der Waals surface area contributed by atoms with Gasteiger partial charge in [0.1, 0.15) is 0 Å². The fourth-order valence-corrected chi connectivity index (χ4v) is 6.07. The number of hydrogen-bond donors (Lipinski definition) is 2. The average Bonchev–Trinajstić information content (AvgIpc) is 2.75. The molecule has 1 saturated heterocycles. The smallest absolute Gasteiger partial charge is 0.338 e. The molecular weight excluding hydrogens is 392 g/mol. The number of esters is 1. The van der Waals surface area contributed by atoms with Crippen LogP contribution in [0, 0.1) is 0 Å². The molecule has 1 fully saturated rings. The van der Waals surface area contributed by atoms with Crippen molar-refractivity contribution in [3.63, 3.8) is 0 Å². The number of carbonyl (C=O) groups is 3. The van der Waals surface area contributed by atoms with Crippen LogP contribution >= 0.6 is 11.8 Å². The van der Waals surface area contributed by atoms with Crippen LogP contribution in [-0.4, -0.2) is 55.6 Å². The third-order valence-electron chi connectivity index (χ3n) is 4.35. The van der Waals surface area contributed by atoms with Gasteiger partial charge in [-0.2, -0.15) is 0 Å². The molecule has 1 aromatic carbocycles. The molecule has 2 heterocycles. The molecule has 146 valence electrons. The first-order chi connectivity index (χ1) is 12.7. The van der Waals surface area contributed by atoms with Crippen molar-refractivity contribution in [2.24, 2.45) is 0 Å². The first-order valence-electron chi connectivity index (χ1n) is 8.41. The van der Waals surface area contributed by atoms with Gasteiger partial charge in [-0.1, -0.05) is 0 Å². The number of sulfone groups is 1. The highest BCUT2D eigenvalue weighted by atomic mass is 32.2. The third kappa shape index (κ3) is 5.01. The van der Waals surface area contributed by atoms with Gasteiger partial charge < -0.3 is 15.4 Å². The van der Waals surface area contributed by atoms with Crippen LogP contribution in [0.25, 0.3) is 0 Å². The standard InChI is InChI=1S/C17H20N2O6S2/c1-17(5-7-27(23,24)10-17)19-15(21)9-25-16(22)11-2-3-13-12(8-11)18-14(20)4-6-26-13/h2-3,8H,4-7,9-10H2,1H3,(H,18,20)(H,19,21)/t17-/m1/s1. The van der Waals surface area contributed by atoms with Crippen LogP contribution in [0.3, 0.4) is 0 Å². The van der Waals surface area contributed by atoms with Gasteiger partial charge >= 0.3 is 5.97 Å². The molecule has 0 aromatic heterocycles. The highest BCUT2D eigenvalue weighted by molar-refractivity contribution is 7.99. The number of thioether (sulfide) groups is 1. The lowest BCUT2D eigenvalue weighted by atomic mass is 10.0. The Balaban J connectivity index is 1.58. The van der Waals surface area contributed by atoms with Gasteiger partial charge in [0.05, 0.1) is 28.3 Å². The molecular formula is C17H20N2O6S2. The van der Waals surface area contributed by atoms with Gasteiger partial charge in [0.15, 0.2) is 16.4 Å².